The molecule has 2 aliphatic rings. The number of nitriles is 1. The van der Waals surface area contributed by atoms with E-state index in [-0.39, 0.29) is 18.7 Å². The summed E-state index contributed by atoms with van der Waals surface area (Å²) in [6, 6.07) is 19.8. The van der Waals surface area contributed by atoms with Crippen LogP contribution in [0.25, 0.3) is 0 Å². The van der Waals surface area contributed by atoms with E-state index in [1.165, 1.54) is 6.42 Å². The van der Waals surface area contributed by atoms with Gasteiger partial charge in [0.25, 0.3) is 0 Å². The summed E-state index contributed by atoms with van der Waals surface area (Å²) in [5.41, 5.74) is 2.26. The third kappa shape index (κ3) is 6.62. The Balaban J connectivity index is 1.17. The van der Waals surface area contributed by atoms with Crippen molar-refractivity contribution in [3.05, 3.63) is 76.4 Å². The molecule has 1 unspecified atom stereocenters. The molecular formula is C29H31BrN6O2. The van der Waals surface area contributed by atoms with Crippen LogP contribution in [-0.2, 0) is 11.3 Å². The van der Waals surface area contributed by atoms with Crippen LogP contribution in [0.2, 0.25) is 0 Å². The molecule has 38 heavy (non-hydrogen) atoms. The summed E-state index contributed by atoms with van der Waals surface area (Å²) in [5.74, 6) is 2.26. The molecule has 0 aliphatic heterocycles. The first-order valence-electron chi connectivity index (χ1n) is 13.1. The number of nitrogens with zero attached hydrogens (tertiary/aromatic N) is 3. The van der Waals surface area contributed by atoms with Crippen LogP contribution in [0.15, 0.2) is 65.3 Å². The van der Waals surface area contributed by atoms with E-state index in [9.17, 15) is 10.1 Å². The minimum atomic E-state index is -0.336. The second kappa shape index (κ2) is 12.3. The van der Waals surface area contributed by atoms with E-state index >= 15 is 0 Å². The van der Waals surface area contributed by atoms with Gasteiger partial charge in [0.15, 0.2) is 0 Å². The zero-order valence-electron chi connectivity index (χ0n) is 21.1. The highest BCUT2D eigenvalue weighted by Crippen LogP contribution is 2.43. The third-order valence-electron chi connectivity index (χ3n) is 7.48. The summed E-state index contributed by atoms with van der Waals surface area (Å²) in [6.07, 6.45) is 6.65. The summed E-state index contributed by atoms with van der Waals surface area (Å²) in [4.78, 5) is 21.4. The van der Waals surface area contributed by atoms with Crippen molar-refractivity contribution in [1.29, 1.82) is 5.26 Å². The number of amides is 1. The Morgan fingerprint density at radius 3 is 2.63 bits per heavy atom. The van der Waals surface area contributed by atoms with Crippen molar-refractivity contribution in [3.8, 4) is 6.07 Å². The van der Waals surface area contributed by atoms with E-state index in [0.29, 0.717) is 35.1 Å². The number of aromatic nitrogens is 2. The molecule has 5 rings (SSSR count). The second-order valence-corrected chi connectivity index (χ2v) is 11.0. The van der Waals surface area contributed by atoms with Gasteiger partial charge in [0.1, 0.15) is 24.1 Å². The first-order chi connectivity index (χ1) is 18.6. The number of rotatable bonds is 8. The Morgan fingerprint density at radius 1 is 1.11 bits per heavy atom. The van der Waals surface area contributed by atoms with E-state index in [0.717, 1.165) is 48.0 Å². The van der Waals surface area contributed by atoms with Crippen molar-refractivity contribution in [2.24, 2.45) is 17.8 Å². The fourth-order valence-electron chi connectivity index (χ4n) is 5.77. The molecule has 0 radical (unpaired) electrons. The Hall–Kier alpha value is -3.64. The Morgan fingerprint density at radius 2 is 1.89 bits per heavy atom. The average Bonchev–Trinajstić information content (AvgIpc) is 2.91. The van der Waals surface area contributed by atoms with Gasteiger partial charge in [-0.15, -0.1) is 0 Å². The molecule has 8 nitrogen and oxygen atoms in total. The number of carbonyl (C=O) groups excluding carboxylic acids is 1. The van der Waals surface area contributed by atoms with Gasteiger partial charge in [0, 0.05) is 22.7 Å². The first-order valence-corrected chi connectivity index (χ1v) is 13.9. The summed E-state index contributed by atoms with van der Waals surface area (Å²) < 4.78 is 6.45. The van der Waals surface area contributed by atoms with E-state index in [4.69, 9.17) is 4.74 Å². The predicted molar refractivity (Wildman–Crippen MR) is 150 cm³/mol. The molecule has 2 aromatic carbocycles. The number of nitrogens with one attached hydrogen (secondary N) is 3. The van der Waals surface area contributed by atoms with Crippen LogP contribution in [0, 0.1) is 29.1 Å². The van der Waals surface area contributed by atoms with Crippen molar-refractivity contribution in [2.45, 2.75) is 44.8 Å². The van der Waals surface area contributed by atoms with E-state index in [1.807, 2.05) is 54.6 Å². The fraction of sp³-hybridized carbons (Fsp3) is 0.379. The highest BCUT2D eigenvalue weighted by Gasteiger charge is 2.41. The molecule has 3 N–H and O–H groups in total. The van der Waals surface area contributed by atoms with Crippen LogP contribution in [0.1, 0.15) is 43.2 Å². The molecule has 1 aromatic heterocycles. The first kappa shape index (κ1) is 26.0. The van der Waals surface area contributed by atoms with Gasteiger partial charge in [-0.3, -0.25) is 0 Å². The molecule has 4 atom stereocenters. The second-order valence-electron chi connectivity index (χ2n) is 10.1. The third-order valence-corrected chi connectivity index (χ3v) is 7.98. The lowest BCUT2D eigenvalue weighted by Crippen LogP contribution is -2.52. The smallest absolute Gasteiger partial charge is 0.407 e. The molecule has 2 bridgehead atoms. The molecule has 1 heterocycles. The number of hydrogen-bond acceptors (Lipinski definition) is 7. The summed E-state index contributed by atoms with van der Waals surface area (Å²) in [7, 11) is 0. The van der Waals surface area contributed by atoms with Crippen molar-refractivity contribution >= 4 is 39.5 Å². The van der Waals surface area contributed by atoms with Gasteiger partial charge < -0.3 is 20.7 Å². The highest BCUT2D eigenvalue weighted by atomic mass is 79.9. The summed E-state index contributed by atoms with van der Waals surface area (Å²) >= 11 is 3.47. The molecule has 0 spiro atoms. The standard InChI is InChI=1S/C29H31BrN6O2/c30-24-10-5-11-25(14-24)34-28-33-17-23(15-31)27(36-28)32-16-20-12-21-8-4-9-22(13-20)26(21)35-29(37)38-18-19-6-2-1-3-7-19/h1-3,5-7,10-11,14,17,20-22,26H,4,8-9,12-13,16,18H2,(H,35,37)(H2,32,33,34,36)/t20?,21-,22+,26-. The van der Waals surface area contributed by atoms with Gasteiger partial charge >= 0.3 is 6.09 Å². The van der Waals surface area contributed by atoms with Gasteiger partial charge in [-0.2, -0.15) is 10.2 Å². The van der Waals surface area contributed by atoms with Gasteiger partial charge in [0.05, 0.1) is 6.20 Å². The highest BCUT2D eigenvalue weighted by molar-refractivity contribution is 9.10. The Bertz CT molecular complexity index is 1280. The Kier molecular flexibility index (Phi) is 8.39. The van der Waals surface area contributed by atoms with Crippen molar-refractivity contribution < 1.29 is 9.53 Å². The van der Waals surface area contributed by atoms with E-state index in [2.05, 4.69) is 47.9 Å². The lowest BCUT2D eigenvalue weighted by molar-refractivity contribution is 0.0732. The van der Waals surface area contributed by atoms with Gasteiger partial charge in [-0.1, -0.05) is 58.7 Å². The van der Waals surface area contributed by atoms with Crippen LogP contribution < -0.4 is 16.0 Å². The average molecular weight is 576 g/mol. The minimum Gasteiger partial charge on any atom is -0.445 e. The zero-order valence-corrected chi connectivity index (χ0v) is 22.7. The molecule has 1 amide bonds. The van der Waals surface area contributed by atoms with Crippen LogP contribution in [-0.4, -0.2) is 28.6 Å². The van der Waals surface area contributed by atoms with Crippen molar-refractivity contribution in [3.63, 3.8) is 0 Å². The van der Waals surface area contributed by atoms with E-state index < -0.39 is 0 Å². The molecule has 3 aromatic rings. The summed E-state index contributed by atoms with van der Waals surface area (Å²) in [6.45, 7) is 1.00. The molecule has 2 fully saturated rings. The van der Waals surface area contributed by atoms with Crippen molar-refractivity contribution in [1.82, 2.24) is 15.3 Å². The van der Waals surface area contributed by atoms with Gasteiger partial charge in [-0.25, -0.2) is 9.78 Å². The molecule has 196 valence electrons. The molecule has 9 heteroatoms. The quantitative estimate of drug-likeness (QED) is 0.286. The maximum absolute atomic E-state index is 12.6. The number of fused-ring (bicyclic) bond motifs is 2. The number of hydrogen-bond donors (Lipinski definition) is 3. The normalized spacial score (nSPS) is 22.1. The maximum atomic E-state index is 12.6. The van der Waals surface area contributed by atoms with Gasteiger partial charge in [0.2, 0.25) is 5.95 Å². The Labute approximate surface area is 231 Å². The SMILES string of the molecule is N#Cc1cnc(Nc2cccc(Br)c2)nc1NCC1C[C@H]2CCC[C@@H](C1)[C@@H]2NC(=O)OCc1ccccc1. The lowest BCUT2D eigenvalue weighted by Gasteiger charge is -2.46. The predicted octanol–water partition coefficient (Wildman–Crippen LogP) is 6.39. The van der Waals surface area contributed by atoms with Gasteiger partial charge in [-0.05, 0) is 67.2 Å². The topological polar surface area (TPSA) is 112 Å². The number of carbonyl (C=O) groups is 1. The zero-order chi connectivity index (χ0) is 26.3. The lowest BCUT2D eigenvalue weighted by atomic mass is 9.64. The van der Waals surface area contributed by atoms with Crippen LogP contribution in [0.3, 0.4) is 0 Å². The molecule has 2 aliphatic carbocycles. The van der Waals surface area contributed by atoms with E-state index in [1.54, 1.807) is 6.20 Å². The number of halogens is 1. The maximum Gasteiger partial charge on any atom is 0.407 e. The number of alkyl carbamates (subject to hydrolysis) is 1. The number of ether oxygens (including phenoxy) is 1. The van der Waals surface area contributed by atoms with Crippen LogP contribution in [0.4, 0.5) is 22.2 Å². The van der Waals surface area contributed by atoms with Crippen LogP contribution >= 0.6 is 15.9 Å². The fourth-order valence-corrected chi connectivity index (χ4v) is 6.17. The molecule has 0 saturated heterocycles. The summed E-state index contributed by atoms with van der Waals surface area (Å²) in [5, 5.41) is 19.4. The number of benzene rings is 2. The molecular weight excluding hydrogens is 544 g/mol. The minimum absolute atomic E-state index is 0.151. The number of anilines is 3. The molecule has 2 saturated carbocycles. The monoisotopic (exact) mass is 574 g/mol. The largest absolute Gasteiger partial charge is 0.445 e. The van der Waals surface area contributed by atoms with Crippen LogP contribution in [0.5, 0.6) is 0 Å². The van der Waals surface area contributed by atoms with Crippen molar-refractivity contribution in [2.75, 3.05) is 17.2 Å².